The van der Waals surface area contributed by atoms with Crippen LogP contribution in [0.3, 0.4) is 0 Å². The van der Waals surface area contributed by atoms with Crippen molar-refractivity contribution in [2.75, 3.05) is 13.1 Å². The molecule has 1 saturated heterocycles. The largest absolute Gasteiger partial charge is 0.351 e. The molecular weight excluding hydrogens is 328 g/mol. The van der Waals surface area contributed by atoms with Crippen LogP contribution in [0.5, 0.6) is 0 Å². The second kappa shape index (κ2) is 7.25. The molecule has 0 bridgehead atoms. The first-order valence-corrected chi connectivity index (χ1v) is 9.87. The third-order valence-electron chi connectivity index (χ3n) is 5.87. The molecule has 140 valence electrons. The Balaban J connectivity index is 1.46. The third-order valence-corrected chi connectivity index (χ3v) is 5.87. The highest BCUT2D eigenvalue weighted by Crippen LogP contribution is 2.33. The molecule has 1 atom stereocenters. The van der Waals surface area contributed by atoms with Crippen molar-refractivity contribution in [3.8, 4) is 0 Å². The van der Waals surface area contributed by atoms with Crippen LogP contribution in [-0.2, 0) is 7.05 Å². The Hall–Kier alpha value is -2.11. The third kappa shape index (κ3) is 3.41. The highest BCUT2D eigenvalue weighted by atomic mass is 16.5. The van der Waals surface area contributed by atoms with Crippen LogP contribution >= 0.6 is 0 Å². The summed E-state index contributed by atoms with van der Waals surface area (Å²) in [6.45, 7) is 3.48. The molecule has 2 aliphatic rings. The van der Waals surface area contributed by atoms with Crippen molar-refractivity contribution < 1.29 is 9.32 Å². The molecule has 3 heterocycles. The number of nitrogens with zero attached hydrogens (tertiary/aromatic N) is 4. The number of aryl methyl sites for hydroxylation is 2. The number of carbonyl (C=O) groups excluding carboxylic acids is 1. The fourth-order valence-electron chi connectivity index (χ4n) is 4.52. The second-order valence-corrected chi connectivity index (χ2v) is 7.89. The minimum atomic E-state index is -0.0322. The molecule has 0 aromatic carbocycles. The van der Waals surface area contributed by atoms with Gasteiger partial charge in [0.2, 0.25) is 5.76 Å². The number of amides is 1. The SMILES string of the molecule is Cc1cn(C)c([C@H]2CCCN(C(=O)c3cc(C4CCCCC4)no3)C2)n1. The molecule has 2 fully saturated rings. The Labute approximate surface area is 154 Å². The predicted octanol–water partition coefficient (Wildman–Crippen LogP) is 3.78. The van der Waals surface area contributed by atoms with E-state index in [-0.39, 0.29) is 11.8 Å². The lowest BCUT2D eigenvalue weighted by atomic mass is 9.87. The van der Waals surface area contributed by atoms with Crippen LogP contribution in [0.4, 0.5) is 0 Å². The summed E-state index contributed by atoms with van der Waals surface area (Å²) in [5.74, 6) is 2.17. The van der Waals surface area contributed by atoms with Crippen molar-refractivity contribution >= 4 is 5.91 Å². The van der Waals surface area contributed by atoms with Crippen LogP contribution in [0.2, 0.25) is 0 Å². The summed E-state index contributed by atoms with van der Waals surface area (Å²) in [5, 5.41) is 4.21. The normalized spacial score (nSPS) is 21.9. The van der Waals surface area contributed by atoms with Crippen LogP contribution < -0.4 is 0 Å². The minimum Gasteiger partial charge on any atom is -0.351 e. The first-order valence-electron chi connectivity index (χ1n) is 9.87. The first-order chi connectivity index (χ1) is 12.6. The number of aromatic nitrogens is 3. The number of imidazole rings is 1. The molecule has 0 unspecified atom stereocenters. The Morgan fingerprint density at radius 2 is 1.92 bits per heavy atom. The Kier molecular flexibility index (Phi) is 4.83. The van der Waals surface area contributed by atoms with Crippen molar-refractivity contribution in [1.82, 2.24) is 19.6 Å². The Bertz CT molecular complexity index is 773. The first kappa shape index (κ1) is 17.3. The number of hydrogen-bond acceptors (Lipinski definition) is 4. The zero-order valence-electron chi connectivity index (χ0n) is 15.8. The average Bonchev–Trinajstić information content (AvgIpc) is 3.28. The van der Waals surface area contributed by atoms with Gasteiger partial charge in [-0.15, -0.1) is 0 Å². The molecule has 0 radical (unpaired) electrons. The van der Waals surface area contributed by atoms with Gasteiger partial charge in [-0.2, -0.15) is 0 Å². The van der Waals surface area contributed by atoms with Crippen LogP contribution in [0, 0.1) is 6.92 Å². The van der Waals surface area contributed by atoms with E-state index in [0.29, 0.717) is 18.2 Å². The summed E-state index contributed by atoms with van der Waals surface area (Å²) in [4.78, 5) is 19.5. The minimum absolute atomic E-state index is 0.0322. The highest BCUT2D eigenvalue weighted by molar-refractivity contribution is 5.91. The van der Waals surface area contributed by atoms with Gasteiger partial charge in [-0.3, -0.25) is 4.79 Å². The molecule has 6 heteroatoms. The van der Waals surface area contributed by atoms with Crippen molar-refractivity contribution in [1.29, 1.82) is 0 Å². The molecule has 2 aromatic heterocycles. The average molecular weight is 356 g/mol. The maximum absolute atomic E-state index is 12.9. The van der Waals surface area contributed by atoms with E-state index in [1.165, 1.54) is 19.3 Å². The number of carbonyl (C=O) groups is 1. The maximum atomic E-state index is 12.9. The van der Waals surface area contributed by atoms with E-state index >= 15 is 0 Å². The predicted molar refractivity (Wildman–Crippen MR) is 98.2 cm³/mol. The molecule has 4 rings (SSSR count). The molecule has 1 aliphatic heterocycles. The highest BCUT2D eigenvalue weighted by Gasteiger charge is 2.30. The van der Waals surface area contributed by atoms with Gasteiger partial charge in [0.15, 0.2) is 0 Å². The molecule has 2 aromatic rings. The molecule has 0 N–H and O–H groups in total. The lowest BCUT2D eigenvalue weighted by molar-refractivity contribution is 0.0661. The monoisotopic (exact) mass is 356 g/mol. The molecule has 0 spiro atoms. The van der Waals surface area contributed by atoms with E-state index < -0.39 is 0 Å². The molecular formula is C20H28N4O2. The number of likely N-dealkylation sites (tertiary alicyclic amines) is 1. The van der Waals surface area contributed by atoms with Gasteiger partial charge < -0.3 is 14.0 Å². The summed E-state index contributed by atoms with van der Waals surface area (Å²) >= 11 is 0. The molecule has 6 nitrogen and oxygen atoms in total. The zero-order valence-corrected chi connectivity index (χ0v) is 15.8. The quantitative estimate of drug-likeness (QED) is 0.839. The summed E-state index contributed by atoms with van der Waals surface area (Å²) in [7, 11) is 2.03. The standard InChI is InChI=1S/C20H28N4O2/c1-14-12-23(2)19(21-14)16-9-6-10-24(13-16)20(25)18-11-17(22-26-18)15-7-4-3-5-8-15/h11-12,15-16H,3-10,13H2,1-2H3/t16-/m0/s1. The van der Waals surface area contributed by atoms with Gasteiger partial charge in [-0.25, -0.2) is 4.98 Å². The van der Waals surface area contributed by atoms with Crippen LogP contribution in [0.25, 0.3) is 0 Å². The summed E-state index contributed by atoms with van der Waals surface area (Å²) in [5.41, 5.74) is 1.99. The van der Waals surface area contributed by atoms with Crippen LogP contribution in [0.15, 0.2) is 16.8 Å². The van der Waals surface area contributed by atoms with Gasteiger partial charge in [0.1, 0.15) is 5.82 Å². The molecule has 26 heavy (non-hydrogen) atoms. The fraction of sp³-hybridized carbons (Fsp3) is 0.650. The lowest BCUT2D eigenvalue weighted by Gasteiger charge is -2.31. The van der Waals surface area contributed by atoms with Gasteiger partial charge >= 0.3 is 0 Å². The van der Waals surface area contributed by atoms with E-state index in [2.05, 4.69) is 14.7 Å². The van der Waals surface area contributed by atoms with E-state index in [1.54, 1.807) is 0 Å². The van der Waals surface area contributed by atoms with E-state index in [1.807, 2.05) is 31.1 Å². The van der Waals surface area contributed by atoms with Gasteiger partial charge in [0, 0.05) is 44.2 Å². The van der Waals surface area contributed by atoms with Crippen molar-refractivity contribution in [3.05, 3.63) is 35.2 Å². The molecule has 1 aliphatic carbocycles. The van der Waals surface area contributed by atoms with Crippen molar-refractivity contribution in [3.63, 3.8) is 0 Å². The lowest BCUT2D eigenvalue weighted by Crippen LogP contribution is -2.39. The van der Waals surface area contributed by atoms with Gasteiger partial charge in [-0.05, 0) is 32.6 Å². The number of hydrogen-bond donors (Lipinski definition) is 0. The van der Waals surface area contributed by atoms with Gasteiger partial charge in [0.25, 0.3) is 5.91 Å². The van der Waals surface area contributed by atoms with Crippen LogP contribution in [-0.4, -0.2) is 38.6 Å². The second-order valence-electron chi connectivity index (χ2n) is 7.89. The number of rotatable bonds is 3. The Morgan fingerprint density at radius 1 is 1.15 bits per heavy atom. The van der Waals surface area contributed by atoms with Crippen molar-refractivity contribution in [2.24, 2.45) is 7.05 Å². The summed E-state index contributed by atoms with van der Waals surface area (Å²) in [6, 6.07) is 1.88. The topological polar surface area (TPSA) is 64.2 Å². The van der Waals surface area contributed by atoms with E-state index in [0.717, 1.165) is 49.4 Å². The number of piperidine rings is 1. The maximum Gasteiger partial charge on any atom is 0.292 e. The molecule has 1 saturated carbocycles. The summed E-state index contributed by atoms with van der Waals surface area (Å²) < 4.78 is 7.53. The van der Waals surface area contributed by atoms with Crippen molar-refractivity contribution in [2.45, 2.75) is 63.7 Å². The van der Waals surface area contributed by atoms with Gasteiger partial charge in [-0.1, -0.05) is 24.4 Å². The van der Waals surface area contributed by atoms with E-state index in [4.69, 9.17) is 4.52 Å². The van der Waals surface area contributed by atoms with E-state index in [9.17, 15) is 4.79 Å². The van der Waals surface area contributed by atoms with Crippen LogP contribution in [0.1, 0.15) is 84.5 Å². The summed E-state index contributed by atoms with van der Waals surface area (Å²) in [6.07, 6.45) is 10.2. The molecule has 1 amide bonds. The fourth-order valence-corrected chi connectivity index (χ4v) is 4.52. The Morgan fingerprint density at radius 3 is 2.65 bits per heavy atom. The van der Waals surface area contributed by atoms with Gasteiger partial charge in [0.05, 0.1) is 11.4 Å². The zero-order chi connectivity index (χ0) is 18.1. The smallest absolute Gasteiger partial charge is 0.292 e.